The van der Waals surface area contributed by atoms with Gasteiger partial charge in [-0.25, -0.2) is 4.39 Å². The third-order valence-electron chi connectivity index (χ3n) is 2.13. The molecule has 0 saturated heterocycles. The standard InChI is InChI=1S/C11H14FNO3/c1-7(15)13-10(6-14)9-5-8(12)3-4-11(9)16-2/h3-5,10,14H,6H2,1-2H3,(H,13,15). The van der Waals surface area contributed by atoms with E-state index >= 15 is 0 Å². The summed E-state index contributed by atoms with van der Waals surface area (Å²) in [6, 6.07) is 3.28. The van der Waals surface area contributed by atoms with E-state index in [-0.39, 0.29) is 12.5 Å². The second-order valence-electron chi connectivity index (χ2n) is 3.32. The number of nitrogens with one attached hydrogen (secondary N) is 1. The van der Waals surface area contributed by atoms with Crippen LogP contribution in [0.4, 0.5) is 4.39 Å². The third-order valence-corrected chi connectivity index (χ3v) is 2.13. The number of carbonyl (C=O) groups is 1. The molecular weight excluding hydrogens is 213 g/mol. The first kappa shape index (κ1) is 12.4. The molecule has 0 bridgehead atoms. The maximum absolute atomic E-state index is 13.1. The minimum absolute atomic E-state index is 0.301. The van der Waals surface area contributed by atoms with Crippen molar-refractivity contribution in [1.82, 2.24) is 5.32 Å². The van der Waals surface area contributed by atoms with Crippen LogP contribution in [-0.4, -0.2) is 24.7 Å². The van der Waals surface area contributed by atoms with Gasteiger partial charge in [-0.1, -0.05) is 0 Å². The molecule has 0 aliphatic carbocycles. The summed E-state index contributed by atoms with van der Waals surface area (Å²) in [6.07, 6.45) is 0. The van der Waals surface area contributed by atoms with Crippen molar-refractivity contribution in [2.45, 2.75) is 13.0 Å². The Hall–Kier alpha value is -1.62. The Kier molecular flexibility index (Phi) is 4.25. The Balaban J connectivity index is 3.06. The van der Waals surface area contributed by atoms with Gasteiger partial charge in [0.25, 0.3) is 0 Å². The molecule has 0 aliphatic heterocycles. The van der Waals surface area contributed by atoms with Crippen molar-refractivity contribution in [3.05, 3.63) is 29.6 Å². The van der Waals surface area contributed by atoms with Crippen LogP contribution in [0.3, 0.4) is 0 Å². The maximum Gasteiger partial charge on any atom is 0.217 e. The number of ether oxygens (including phenoxy) is 1. The summed E-state index contributed by atoms with van der Waals surface area (Å²) in [5, 5.41) is 11.7. The smallest absolute Gasteiger partial charge is 0.217 e. The summed E-state index contributed by atoms with van der Waals surface area (Å²) < 4.78 is 18.1. The molecule has 5 heteroatoms. The van der Waals surface area contributed by atoms with Crippen LogP contribution < -0.4 is 10.1 Å². The Bertz CT molecular complexity index is 381. The van der Waals surface area contributed by atoms with Gasteiger partial charge >= 0.3 is 0 Å². The highest BCUT2D eigenvalue weighted by molar-refractivity contribution is 5.73. The van der Waals surface area contributed by atoms with Crippen LogP contribution in [0.15, 0.2) is 18.2 Å². The van der Waals surface area contributed by atoms with Gasteiger partial charge < -0.3 is 15.2 Å². The van der Waals surface area contributed by atoms with Crippen LogP contribution in [0.5, 0.6) is 5.75 Å². The zero-order valence-corrected chi connectivity index (χ0v) is 9.16. The number of rotatable bonds is 4. The van der Waals surface area contributed by atoms with Crippen LogP contribution in [0.25, 0.3) is 0 Å². The Morgan fingerprint density at radius 1 is 1.62 bits per heavy atom. The number of aliphatic hydroxyl groups excluding tert-OH is 1. The molecule has 16 heavy (non-hydrogen) atoms. The lowest BCUT2D eigenvalue weighted by atomic mass is 10.1. The summed E-state index contributed by atoms with van der Waals surface area (Å²) in [5.74, 6) is -0.320. The van der Waals surface area contributed by atoms with E-state index in [1.807, 2.05) is 0 Å². The molecule has 0 aromatic heterocycles. The molecule has 0 saturated carbocycles. The van der Waals surface area contributed by atoms with Crippen molar-refractivity contribution in [2.24, 2.45) is 0 Å². The van der Waals surface area contributed by atoms with Gasteiger partial charge in [0.15, 0.2) is 0 Å². The van der Waals surface area contributed by atoms with E-state index in [9.17, 15) is 9.18 Å². The molecule has 0 fully saturated rings. The molecule has 0 radical (unpaired) electrons. The second-order valence-corrected chi connectivity index (χ2v) is 3.32. The minimum Gasteiger partial charge on any atom is -0.496 e. The van der Waals surface area contributed by atoms with Crippen LogP contribution in [0.2, 0.25) is 0 Å². The van der Waals surface area contributed by atoms with Gasteiger partial charge in [-0.15, -0.1) is 0 Å². The SMILES string of the molecule is COc1ccc(F)cc1C(CO)NC(C)=O. The first-order valence-corrected chi connectivity index (χ1v) is 4.80. The monoisotopic (exact) mass is 227 g/mol. The van der Waals surface area contributed by atoms with Crippen LogP contribution in [0, 0.1) is 5.82 Å². The van der Waals surface area contributed by atoms with Crippen molar-refractivity contribution < 1.29 is 19.0 Å². The summed E-state index contributed by atoms with van der Waals surface area (Å²) in [7, 11) is 1.44. The number of hydrogen-bond acceptors (Lipinski definition) is 3. The first-order valence-electron chi connectivity index (χ1n) is 4.80. The predicted octanol–water partition coefficient (Wildman–Crippen LogP) is 1.00. The Morgan fingerprint density at radius 2 is 2.31 bits per heavy atom. The number of benzene rings is 1. The van der Waals surface area contributed by atoms with E-state index < -0.39 is 11.9 Å². The highest BCUT2D eigenvalue weighted by Gasteiger charge is 2.16. The molecule has 0 heterocycles. The van der Waals surface area contributed by atoms with Gasteiger partial charge in [-0.05, 0) is 18.2 Å². The zero-order valence-electron chi connectivity index (χ0n) is 9.16. The average molecular weight is 227 g/mol. The predicted molar refractivity (Wildman–Crippen MR) is 56.6 cm³/mol. The van der Waals surface area contributed by atoms with E-state index in [1.165, 1.54) is 32.2 Å². The fraction of sp³-hybridized carbons (Fsp3) is 0.364. The molecule has 1 aromatic carbocycles. The molecule has 88 valence electrons. The second kappa shape index (κ2) is 5.46. The van der Waals surface area contributed by atoms with E-state index in [0.717, 1.165) is 0 Å². The molecule has 1 unspecified atom stereocenters. The summed E-state index contributed by atoms with van der Waals surface area (Å²) in [5.41, 5.74) is 0.417. The topological polar surface area (TPSA) is 58.6 Å². The molecule has 1 atom stereocenters. The molecule has 1 amide bonds. The van der Waals surface area contributed by atoms with Gasteiger partial charge in [0, 0.05) is 12.5 Å². The van der Waals surface area contributed by atoms with Crippen LogP contribution >= 0.6 is 0 Å². The van der Waals surface area contributed by atoms with Gasteiger partial charge in [0.2, 0.25) is 5.91 Å². The minimum atomic E-state index is -0.664. The van der Waals surface area contributed by atoms with Crippen molar-refractivity contribution >= 4 is 5.91 Å². The number of methoxy groups -OCH3 is 1. The lowest BCUT2D eigenvalue weighted by Gasteiger charge is -2.18. The number of amides is 1. The summed E-state index contributed by atoms with van der Waals surface area (Å²) >= 11 is 0. The number of aliphatic hydroxyl groups is 1. The lowest BCUT2D eigenvalue weighted by Crippen LogP contribution is -2.29. The van der Waals surface area contributed by atoms with Crippen molar-refractivity contribution in [1.29, 1.82) is 0 Å². The fourth-order valence-corrected chi connectivity index (χ4v) is 1.44. The van der Waals surface area contributed by atoms with Gasteiger partial charge in [0.05, 0.1) is 19.8 Å². The van der Waals surface area contributed by atoms with E-state index in [2.05, 4.69) is 5.32 Å². The number of halogens is 1. The highest BCUT2D eigenvalue weighted by Crippen LogP contribution is 2.25. The highest BCUT2D eigenvalue weighted by atomic mass is 19.1. The Morgan fingerprint density at radius 3 is 2.81 bits per heavy atom. The van der Waals surface area contributed by atoms with E-state index in [4.69, 9.17) is 9.84 Å². The molecule has 1 rings (SSSR count). The summed E-state index contributed by atoms with van der Waals surface area (Å²) in [6.45, 7) is 1.01. The molecular formula is C11H14FNO3. The molecule has 4 nitrogen and oxygen atoms in total. The quantitative estimate of drug-likeness (QED) is 0.806. The summed E-state index contributed by atoms with van der Waals surface area (Å²) in [4.78, 5) is 10.9. The van der Waals surface area contributed by atoms with Crippen LogP contribution in [0.1, 0.15) is 18.5 Å². The van der Waals surface area contributed by atoms with Crippen LogP contribution in [-0.2, 0) is 4.79 Å². The van der Waals surface area contributed by atoms with Crippen molar-refractivity contribution in [3.8, 4) is 5.75 Å². The van der Waals surface area contributed by atoms with Gasteiger partial charge in [0.1, 0.15) is 11.6 Å². The van der Waals surface area contributed by atoms with Gasteiger partial charge in [-0.2, -0.15) is 0 Å². The number of carbonyl (C=O) groups excluding carboxylic acids is 1. The van der Waals surface area contributed by atoms with Crippen molar-refractivity contribution in [2.75, 3.05) is 13.7 Å². The third kappa shape index (κ3) is 2.93. The van der Waals surface area contributed by atoms with Crippen molar-refractivity contribution in [3.63, 3.8) is 0 Å². The number of hydrogen-bond donors (Lipinski definition) is 2. The van der Waals surface area contributed by atoms with E-state index in [1.54, 1.807) is 0 Å². The molecule has 0 spiro atoms. The maximum atomic E-state index is 13.1. The normalized spacial score (nSPS) is 12.0. The zero-order chi connectivity index (χ0) is 12.1. The average Bonchev–Trinajstić information content (AvgIpc) is 2.25. The molecule has 0 aliphatic rings. The largest absolute Gasteiger partial charge is 0.496 e. The first-order chi connectivity index (χ1) is 7.58. The molecule has 2 N–H and O–H groups in total. The lowest BCUT2D eigenvalue weighted by molar-refractivity contribution is -0.120. The van der Waals surface area contributed by atoms with E-state index in [0.29, 0.717) is 11.3 Å². The van der Waals surface area contributed by atoms with Gasteiger partial charge in [-0.3, -0.25) is 4.79 Å². The molecule has 1 aromatic rings. The Labute approximate surface area is 93.0 Å². The fourth-order valence-electron chi connectivity index (χ4n) is 1.44.